The van der Waals surface area contributed by atoms with E-state index in [0.29, 0.717) is 6.54 Å². The minimum atomic E-state index is -0.487. The zero-order valence-corrected chi connectivity index (χ0v) is 11.8. The van der Waals surface area contributed by atoms with Gasteiger partial charge < -0.3 is 11.1 Å². The molecule has 106 valence electrons. The van der Waals surface area contributed by atoms with Gasteiger partial charge in [-0.3, -0.25) is 9.48 Å². The number of nitrogens with two attached hydrogens (primary N) is 1. The van der Waals surface area contributed by atoms with Gasteiger partial charge in [0.25, 0.3) is 0 Å². The quantitative estimate of drug-likeness (QED) is 0.872. The summed E-state index contributed by atoms with van der Waals surface area (Å²) in [4.78, 5) is 11.8. The van der Waals surface area contributed by atoms with Crippen molar-refractivity contribution in [2.75, 3.05) is 5.32 Å². The average molecular weight is 272 g/mol. The van der Waals surface area contributed by atoms with Crippen molar-refractivity contribution < 1.29 is 4.79 Å². The molecule has 1 aromatic carbocycles. The van der Waals surface area contributed by atoms with Gasteiger partial charge in [-0.15, -0.1) is 0 Å². The number of hydrogen-bond donors (Lipinski definition) is 2. The number of carbonyl (C=O) groups is 1. The summed E-state index contributed by atoms with van der Waals surface area (Å²) in [7, 11) is 0. The van der Waals surface area contributed by atoms with Crippen molar-refractivity contribution in [1.29, 1.82) is 0 Å². The van der Waals surface area contributed by atoms with Gasteiger partial charge in [-0.05, 0) is 29.7 Å². The Labute approximate surface area is 118 Å². The molecule has 5 nitrogen and oxygen atoms in total. The van der Waals surface area contributed by atoms with E-state index < -0.39 is 6.04 Å². The molecule has 0 saturated heterocycles. The molecular formula is C15H20N4O. The van der Waals surface area contributed by atoms with Gasteiger partial charge in [-0.2, -0.15) is 5.10 Å². The summed E-state index contributed by atoms with van der Waals surface area (Å²) < 4.78 is 1.85. The minimum absolute atomic E-state index is 0.120. The second-order valence-electron chi connectivity index (χ2n) is 5.16. The molecule has 0 aliphatic heterocycles. The summed E-state index contributed by atoms with van der Waals surface area (Å²) in [6, 6.07) is 9.10. The van der Waals surface area contributed by atoms with Crippen LogP contribution in [0.4, 0.5) is 5.69 Å². The lowest BCUT2D eigenvalue weighted by Gasteiger charge is -2.15. The Morgan fingerprint density at radius 3 is 2.60 bits per heavy atom. The van der Waals surface area contributed by atoms with Crippen molar-refractivity contribution in [3.05, 3.63) is 48.3 Å². The summed E-state index contributed by atoms with van der Waals surface area (Å²) in [5.41, 5.74) is 7.69. The van der Waals surface area contributed by atoms with Crippen LogP contribution in [0.1, 0.15) is 19.4 Å². The third-order valence-electron chi connectivity index (χ3n) is 3.15. The largest absolute Gasteiger partial charge is 0.325 e. The number of nitrogens with zero attached hydrogens (tertiary/aromatic N) is 2. The maximum Gasteiger partial charge on any atom is 0.241 e. The topological polar surface area (TPSA) is 72.9 Å². The van der Waals surface area contributed by atoms with E-state index in [0.717, 1.165) is 11.3 Å². The van der Waals surface area contributed by atoms with Crippen LogP contribution < -0.4 is 11.1 Å². The molecule has 0 spiro atoms. The lowest BCUT2D eigenvalue weighted by atomic mass is 10.0. The zero-order chi connectivity index (χ0) is 14.5. The standard InChI is InChI=1S/C15H20N4O/c1-11(2)14(16)15(20)18-13-6-4-12(5-7-13)10-19-9-3-8-17-19/h3-9,11,14H,10,16H2,1-2H3,(H,18,20). The van der Waals surface area contributed by atoms with Crippen LogP contribution in [0.3, 0.4) is 0 Å². The molecule has 0 fully saturated rings. The van der Waals surface area contributed by atoms with Crippen LogP contribution in [0.15, 0.2) is 42.7 Å². The molecule has 3 N–H and O–H groups in total. The fraction of sp³-hybridized carbons (Fsp3) is 0.333. The fourth-order valence-corrected chi connectivity index (χ4v) is 1.80. The van der Waals surface area contributed by atoms with E-state index in [4.69, 9.17) is 5.73 Å². The maximum absolute atomic E-state index is 11.8. The Hall–Kier alpha value is -2.14. The first kappa shape index (κ1) is 14.3. The number of rotatable bonds is 5. The first-order chi connectivity index (χ1) is 9.56. The molecule has 1 unspecified atom stereocenters. The van der Waals surface area contributed by atoms with E-state index >= 15 is 0 Å². The highest BCUT2D eigenvalue weighted by atomic mass is 16.2. The summed E-state index contributed by atoms with van der Waals surface area (Å²) in [6.45, 7) is 4.57. The summed E-state index contributed by atoms with van der Waals surface area (Å²) >= 11 is 0. The maximum atomic E-state index is 11.8. The van der Waals surface area contributed by atoms with Gasteiger partial charge in [0.05, 0.1) is 12.6 Å². The molecule has 1 aromatic heterocycles. The molecule has 2 rings (SSSR count). The van der Waals surface area contributed by atoms with Crippen LogP contribution >= 0.6 is 0 Å². The number of carbonyl (C=O) groups excluding carboxylic acids is 1. The Kier molecular flexibility index (Phi) is 4.53. The fourth-order valence-electron chi connectivity index (χ4n) is 1.80. The third kappa shape index (κ3) is 3.68. The van der Waals surface area contributed by atoms with E-state index in [1.165, 1.54) is 0 Å². The van der Waals surface area contributed by atoms with Gasteiger partial charge in [0.15, 0.2) is 0 Å². The number of amides is 1. The Morgan fingerprint density at radius 2 is 2.05 bits per heavy atom. The van der Waals surface area contributed by atoms with Crippen molar-refractivity contribution in [1.82, 2.24) is 9.78 Å². The van der Waals surface area contributed by atoms with Crippen molar-refractivity contribution in [2.45, 2.75) is 26.4 Å². The molecule has 20 heavy (non-hydrogen) atoms. The van der Waals surface area contributed by atoms with E-state index in [9.17, 15) is 4.79 Å². The molecule has 0 radical (unpaired) electrons. The van der Waals surface area contributed by atoms with E-state index in [-0.39, 0.29) is 11.8 Å². The lowest BCUT2D eigenvalue weighted by molar-refractivity contribution is -0.118. The van der Waals surface area contributed by atoms with E-state index in [1.807, 2.05) is 55.1 Å². The van der Waals surface area contributed by atoms with Crippen LogP contribution in [-0.4, -0.2) is 21.7 Å². The molecule has 1 heterocycles. The molecular weight excluding hydrogens is 252 g/mol. The summed E-state index contributed by atoms with van der Waals surface area (Å²) in [5, 5.41) is 6.98. The second-order valence-corrected chi connectivity index (χ2v) is 5.16. The number of hydrogen-bond acceptors (Lipinski definition) is 3. The Bertz CT molecular complexity index is 546. The van der Waals surface area contributed by atoms with Crippen LogP contribution in [-0.2, 0) is 11.3 Å². The van der Waals surface area contributed by atoms with E-state index in [2.05, 4.69) is 10.4 Å². The monoisotopic (exact) mass is 272 g/mol. The Morgan fingerprint density at radius 1 is 1.35 bits per heavy atom. The molecule has 0 bridgehead atoms. The van der Waals surface area contributed by atoms with Crippen LogP contribution in [0.25, 0.3) is 0 Å². The molecule has 5 heteroatoms. The minimum Gasteiger partial charge on any atom is -0.325 e. The van der Waals surface area contributed by atoms with Gasteiger partial charge in [-0.1, -0.05) is 26.0 Å². The van der Waals surface area contributed by atoms with Crippen LogP contribution in [0, 0.1) is 5.92 Å². The van der Waals surface area contributed by atoms with Gasteiger partial charge in [-0.25, -0.2) is 0 Å². The van der Waals surface area contributed by atoms with Crippen molar-refractivity contribution in [3.63, 3.8) is 0 Å². The highest BCUT2D eigenvalue weighted by Gasteiger charge is 2.16. The summed E-state index contributed by atoms with van der Waals surface area (Å²) in [5.74, 6) is -0.0334. The zero-order valence-electron chi connectivity index (χ0n) is 11.8. The van der Waals surface area contributed by atoms with Crippen molar-refractivity contribution >= 4 is 11.6 Å². The first-order valence-corrected chi connectivity index (χ1v) is 6.69. The van der Waals surface area contributed by atoms with Gasteiger partial charge in [0, 0.05) is 18.1 Å². The number of anilines is 1. The number of benzene rings is 1. The van der Waals surface area contributed by atoms with Crippen LogP contribution in [0.2, 0.25) is 0 Å². The predicted octanol–water partition coefficient (Wildman–Crippen LogP) is 1.85. The second kappa shape index (κ2) is 6.34. The third-order valence-corrected chi connectivity index (χ3v) is 3.15. The molecule has 1 amide bonds. The average Bonchev–Trinajstić information content (AvgIpc) is 2.92. The normalized spacial score (nSPS) is 12.4. The van der Waals surface area contributed by atoms with Crippen molar-refractivity contribution in [3.8, 4) is 0 Å². The number of nitrogens with one attached hydrogen (secondary N) is 1. The molecule has 1 atom stereocenters. The highest BCUT2D eigenvalue weighted by Crippen LogP contribution is 2.11. The lowest BCUT2D eigenvalue weighted by Crippen LogP contribution is -2.39. The predicted molar refractivity (Wildman–Crippen MR) is 79.2 cm³/mol. The molecule has 0 saturated carbocycles. The molecule has 2 aromatic rings. The SMILES string of the molecule is CC(C)C(N)C(=O)Nc1ccc(Cn2cccn2)cc1. The molecule has 0 aliphatic rings. The first-order valence-electron chi connectivity index (χ1n) is 6.69. The van der Waals surface area contributed by atoms with Gasteiger partial charge in [0.1, 0.15) is 0 Å². The van der Waals surface area contributed by atoms with E-state index in [1.54, 1.807) is 6.20 Å². The Balaban J connectivity index is 1.96. The summed E-state index contributed by atoms with van der Waals surface area (Å²) in [6.07, 6.45) is 3.67. The number of aromatic nitrogens is 2. The van der Waals surface area contributed by atoms with Crippen LogP contribution in [0.5, 0.6) is 0 Å². The van der Waals surface area contributed by atoms with Gasteiger partial charge in [0.2, 0.25) is 5.91 Å². The van der Waals surface area contributed by atoms with Gasteiger partial charge >= 0.3 is 0 Å². The molecule has 0 aliphatic carbocycles. The van der Waals surface area contributed by atoms with Crippen molar-refractivity contribution in [2.24, 2.45) is 11.7 Å². The highest BCUT2D eigenvalue weighted by molar-refractivity contribution is 5.94. The smallest absolute Gasteiger partial charge is 0.241 e.